The molecule has 3 aromatic rings. The topological polar surface area (TPSA) is 34.0 Å². The molecule has 1 aliphatic heterocycles. The summed E-state index contributed by atoms with van der Waals surface area (Å²) >= 11 is 0. The predicted octanol–water partition coefficient (Wildman–Crippen LogP) is 3.27. The molecule has 0 saturated carbocycles. The minimum Gasteiger partial charge on any atom is -0.365 e. The molecule has 0 atom stereocenters. The first kappa shape index (κ1) is 13.1. The van der Waals surface area contributed by atoms with Crippen molar-refractivity contribution in [3.05, 3.63) is 65.9 Å². The van der Waals surface area contributed by atoms with Crippen LogP contribution < -0.4 is 4.90 Å². The fraction of sp³-hybridized carbons (Fsp3) is 0.222. The Balaban J connectivity index is 1.78. The third kappa shape index (κ3) is 2.17. The number of benzene rings is 2. The van der Waals surface area contributed by atoms with Gasteiger partial charge in [0.15, 0.2) is 0 Å². The zero-order chi connectivity index (χ0) is 14.9. The highest BCUT2D eigenvalue weighted by molar-refractivity contribution is 5.78. The van der Waals surface area contributed by atoms with Crippen molar-refractivity contribution in [3.63, 3.8) is 0 Å². The number of anilines is 1. The van der Waals surface area contributed by atoms with Crippen LogP contribution in [0.4, 0.5) is 5.69 Å². The van der Waals surface area contributed by atoms with Crippen LogP contribution in [0.2, 0.25) is 0 Å². The number of fused-ring (bicyclic) bond motifs is 3. The van der Waals surface area contributed by atoms with E-state index in [0.717, 1.165) is 31.0 Å². The van der Waals surface area contributed by atoms with E-state index in [9.17, 15) is 0 Å². The zero-order valence-corrected chi connectivity index (χ0v) is 12.6. The fourth-order valence-electron chi connectivity index (χ4n) is 3.14. The van der Waals surface area contributed by atoms with Gasteiger partial charge in [0.1, 0.15) is 0 Å². The second kappa shape index (κ2) is 5.30. The third-order valence-electron chi connectivity index (χ3n) is 4.20. The highest BCUT2D eigenvalue weighted by atomic mass is 15.4. The number of rotatable bonds is 2. The molecule has 4 heteroatoms. The van der Waals surface area contributed by atoms with Crippen LogP contribution in [0.15, 0.2) is 54.6 Å². The van der Waals surface area contributed by atoms with Crippen molar-refractivity contribution in [2.24, 2.45) is 0 Å². The Bertz CT molecular complexity index is 792. The van der Waals surface area contributed by atoms with Crippen LogP contribution in [0.25, 0.3) is 11.3 Å². The number of para-hydroxylation sites is 1. The molecule has 1 aliphatic rings. The summed E-state index contributed by atoms with van der Waals surface area (Å²) in [6.07, 6.45) is 0. The number of aromatic nitrogens is 3. The lowest BCUT2D eigenvalue weighted by atomic mass is 10.1. The Morgan fingerprint density at radius 2 is 1.73 bits per heavy atom. The van der Waals surface area contributed by atoms with Gasteiger partial charge in [-0.2, -0.15) is 0 Å². The average Bonchev–Trinajstić information content (AvgIpc) is 2.85. The Labute approximate surface area is 130 Å². The van der Waals surface area contributed by atoms with E-state index in [2.05, 4.69) is 69.8 Å². The molecular weight excluding hydrogens is 272 g/mol. The standard InChI is InChI=1S/C18H18N4/c1-14-18-16-9-5-6-10-17(16)21(11-12-22(18)20-19-14)13-15-7-3-2-4-8-15/h2-10H,11-13H2,1H3. The van der Waals surface area contributed by atoms with Crippen molar-refractivity contribution in [2.45, 2.75) is 20.0 Å². The molecule has 1 aromatic heterocycles. The van der Waals surface area contributed by atoms with Gasteiger partial charge in [0, 0.05) is 24.3 Å². The molecular formula is C18H18N4. The van der Waals surface area contributed by atoms with Gasteiger partial charge >= 0.3 is 0 Å². The van der Waals surface area contributed by atoms with Crippen molar-refractivity contribution >= 4 is 5.69 Å². The monoisotopic (exact) mass is 290 g/mol. The summed E-state index contributed by atoms with van der Waals surface area (Å²) in [4.78, 5) is 2.43. The molecule has 0 spiro atoms. The molecule has 0 aliphatic carbocycles. The van der Waals surface area contributed by atoms with Gasteiger partial charge in [0.25, 0.3) is 0 Å². The predicted molar refractivity (Wildman–Crippen MR) is 87.7 cm³/mol. The first-order valence-electron chi connectivity index (χ1n) is 7.61. The average molecular weight is 290 g/mol. The van der Waals surface area contributed by atoms with Crippen LogP contribution >= 0.6 is 0 Å². The Morgan fingerprint density at radius 1 is 0.955 bits per heavy atom. The van der Waals surface area contributed by atoms with E-state index in [4.69, 9.17) is 0 Å². The smallest absolute Gasteiger partial charge is 0.0936 e. The fourth-order valence-corrected chi connectivity index (χ4v) is 3.14. The number of nitrogens with zero attached hydrogens (tertiary/aromatic N) is 4. The lowest BCUT2D eigenvalue weighted by molar-refractivity contribution is 0.586. The van der Waals surface area contributed by atoms with Crippen LogP contribution in [0.5, 0.6) is 0 Å². The van der Waals surface area contributed by atoms with E-state index in [1.807, 2.05) is 11.6 Å². The largest absolute Gasteiger partial charge is 0.365 e. The van der Waals surface area contributed by atoms with Gasteiger partial charge < -0.3 is 4.90 Å². The van der Waals surface area contributed by atoms with Gasteiger partial charge in [-0.25, -0.2) is 4.68 Å². The maximum absolute atomic E-state index is 4.30. The van der Waals surface area contributed by atoms with Crippen molar-refractivity contribution in [2.75, 3.05) is 11.4 Å². The Morgan fingerprint density at radius 3 is 2.59 bits per heavy atom. The second-order valence-electron chi connectivity index (χ2n) is 5.67. The van der Waals surface area contributed by atoms with E-state index in [1.165, 1.54) is 16.8 Å². The summed E-state index contributed by atoms with van der Waals surface area (Å²) in [7, 11) is 0. The number of hydrogen-bond acceptors (Lipinski definition) is 3. The molecule has 2 heterocycles. The summed E-state index contributed by atoms with van der Waals surface area (Å²) in [5.41, 5.74) is 5.95. The Kier molecular flexibility index (Phi) is 3.15. The van der Waals surface area contributed by atoms with Gasteiger partial charge in [0.2, 0.25) is 0 Å². The molecule has 110 valence electrons. The van der Waals surface area contributed by atoms with Gasteiger partial charge in [-0.15, -0.1) is 5.10 Å². The minimum atomic E-state index is 0.859. The summed E-state index contributed by atoms with van der Waals surface area (Å²) in [5.74, 6) is 0. The Hall–Kier alpha value is -2.62. The molecule has 4 nitrogen and oxygen atoms in total. The molecule has 4 rings (SSSR count). The van der Waals surface area contributed by atoms with Crippen molar-refractivity contribution in [3.8, 4) is 11.3 Å². The number of aryl methyl sites for hydroxylation is 1. The van der Waals surface area contributed by atoms with E-state index >= 15 is 0 Å². The van der Waals surface area contributed by atoms with Crippen molar-refractivity contribution in [1.29, 1.82) is 0 Å². The third-order valence-corrected chi connectivity index (χ3v) is 4.20. The number of hydrogen-bond donors (Lipinski definition) is 0. The molecule has 2 aromatic carbocycles. The van der Waals surface area contributed by atoms with Crippen molar-refractivity contribution in [1.82, 2.24) is 15.0 Å². The zero-order valence-electron chi connectivity index (χ0n) is 12.6. The highest BCUT2D eigenvalue weighted by Gasteiger charge is 2.22. The summed E-state index contributed by atoms with van der Waals surface area (Å²) in [6.45, 7) is 4.73. The van der Waals surface area contributed by atoms with Gasteiger partial charge in [0.05, 0.1) is 17.9 Å². The first-order chi connectivity index (χ1) is 10.8. The maximum atomic E-state index is 4.30. The van der Waals surface area contributed by atoms with E-state index < -0.39 is 0 Å². The van der Waals surface area contributed by atoms with E-state index in [0.29, 0.717) is 0 Å². The molecule has 0 N–H and O–H groups in total. The highest BCUT2D eigenvalue weighted by Crippen LogP contribution is 2.35. The van der Waals surface area contributed by atoms with Crippen molar-refractivity contribution < 1.29 is 0 Å². The van der Waals surface area contributed by atoms with Crippen LogP contribution in [0.3, 0.4) is 0 Å². The minimum absolute atomic E-state index is 0.859. The quantitative estimate of drug-likeness (QED) is 0.726. The summed E-state index contributed by atoms with van der Waals surface area (Å²) in [5, 5.41) is 8.54. The van der Waals surface area contributed by atoms with Gasteiger partial charge in [-0.3, -0.25) is 0 Å². The van der Waals surface area contributed by atoms with E-state index in [-0.39, 0.29) is 0 Å². The SMILES string of the molecule is Cc1nnn2c1-c1ccccc1N(Cc1ccccc1)CC2. The van der Waals surface area contributed by atoms with E-state index in [1.54, 1.807) is 0 Å². The lowest BCUT2D eigenvalue weighted by Crippen LogP contribution is -2.25. The second-order valence-corrected chi connectivity index (χ2v) is 5.67. The molecule has 0 fully saturated rings. The molecule has 22 heavy (non-hydrogen) atoms. The summed E-state index contributed by atoms with van der Waals surface area (Å²) in [6, 6.07) is 19.2. The van der Waals surface area contributed by atoms with Gasteiger partial charge in [-0.1, -0.05) is 53.7 Å². The molecule has 0 saturated heterocycles. The van der Waals surface area contributed by atoms with Gasteiger partial charge in [-0.05, 0) is 18.6 Å². The normalized spacial score (nSPS) is 13.4. The van der Waals surface area contributed by atoms with Crippen LogP contribution in [-0.2, 0) is 13.1 Å². The molecule has 0 radical (unpaired) electrons. The van der Waals surface area contributed by atoms with Crippen LogP contribution in [-0.4, -0.2) is 21.5 Å². The lowest BCUT2D eigenvalue weighted by Gasteiger charge is -2.24. The molecule has 0 bridgehead atoms. The first-order valence-corrected chi connectivity index (χ1v) is 7.61. The molecule has 0 unspecified atom stereocenters. The van der Waals surface area contributed by atoms with Crippen LogP contribution in [0.1, 0.15) is 11.3 Å². The van der Waals surface area contributed by atoms with Crippen LogP contribution in [0, 0.1) is 6.92 Å². The maximum Gasteiger partial charge on any atom is 0.0936 e. The summed E-state index contributed by atoms with van der Waals surface area (Å²) < 4.78 is 2.03. The molecule has 0 amide bonds.